The lowest BCUT2D eigenvalue weighted by Crippen LogP contribution is -2.48. The van der Waals surface area contributed by atoms with Crippen molar-refractivity contribution < 1.29 is 5.11 Å². The molecule has 0 amide bonds. The zero-order valence-corrected chi connectivity index (χ0v) is 15.7. The Morgan fingerprint density at radius 2 is 1.71 bits per heavy atom. The summed E-state index contributed by atoms with van der Waals surface area (Å²) in [5.74, 6) is 0.911. The second-order valence-electron chi connectivity index (χ2n) is 8.13. The van der Waals surface area contributed by atoms with E-state index in [-0.39, 0.29) is 6.10 Å². The van der Waals surface area contributed by atoms with Gasteiger partial charge in [0, 0.05) is 12.6 Å². The predicted octanol–water partition coefficient (Wildman–Crippen LogP) is 3.53. The number of aryl methyl sites for hydroxylation is 2. The van der Waals surface area contributed by atoms with Crippen molar-refractivity contribution in [2.75, 3.05) is 32.7 Å². The first-order valence-electron chi connectivity index (χ1n) is 9.74. The summed E-state index contributed by atoms with van der Waals surface area (Å²) >= 11 is 0. The Kier molecular flexibility index (Phi) is 5.96. The molecule has 2 fully saturated rings. The molecular weight excluding hydrogens is 296 g/mol. The van der Waals surface area contributed by atoms with Gasteiger partial charge in [-0.15, -0.1) is 0 Å². The highest BCUT2D eigenvalue weighted by Crippen LogP contribution is 2.25. The number of piperidine rings is 2. The minimum absolute atomic E-state index is 0.364. The second-order valence-corrected chi connectivity index (χ2v) is 8.13. The van der Waals surface area contributed by atoms with E-state index in [9.17, 15) is 5.11 Å². The van der Waals surface area contributed by atoms with Crippen LogP contribution in [0.3, 0.4) is 0 Å². The van der Waals surface area contributed by atoms with E-state index in [0.717, 1.165) is 37.2 Å². The number of aliphatic hydroxyl groups is 1. The molecule has 24 heavy (non-hydrogen) atoms. The third-order valence-corrected chi connectivity index (χ3v) is 6.12. The molecule has 1 atom stereocenters. The number of rotatable bonds is 4. The summed E-state index contributed by atoms with van der Waals surface area (Å²) in [4.78, 5) is 5.17. The normalized spacial score (nSPS) is 23.5. The number of likely N-dealkylation sites (tertiary alicyclic amines) is 2. The van der Waals surface area contributed by atoms with Gasteiger partial charge in [-0.05, 0) is 82.8 Å². The third-order valence-electron chi connectivity index (χ3n) is 6.12. The van der Waals surface area contributed by atoms with Gasteiger partial charge in [-0.2, -0.15) is 0 Å². The Balaban J connectivity index is 1.49. The maximum absolute atomic E-state index is 10.7. The summed E-state index contributed by atoms with van der Waals surface area (Å²) in [7, 11) is 0. The van der Waals surface area contributed by atoms with Crippen molar-refractivity contribution in [1.82, 2.24) is 9.80 Å². The quantitative estimate of drug-likeness (QED) is 0.915. The van der Waals surface area contributed by atoms with E-state index in [1.54, 1.807) is 0 Å². The Morgan fingerprint density at radius 3 is 2.38 bits per heavy atom. The van der Waals surface area contributed by atoms with Crippen LogP contribution < -0.4 is 0 Å². The Labute approximate surface area is 147 Å². The summed E-state index contributed by atoms with van der Waals surface area (Å²) < 4.78 is 0. The SMILES string of the molecule is Cc1ccc(C)c(C(O)CN2CCC(N3CCC(C)CC3)CC2)c1. The molecule has 1 unspecified atom stereocenters. The highest BCUT2D eigenvalue weighted by molar-refractivity contribution is 5.32. The van der Waals surface area contributed by atoms with Gasteiger partial charge < -0.3 is 14.9 Å². The average molecular weight is 331 g/mol. The highest BCUT2D eigenvalue weighted by Gasteiger charge is 2.28. The van der Waals surface area contributed by atoms with Crippen LogP contribution in [0.25, 0.3) is 0 Å². The molecule has 1 aromatic rings. The Morgan fingerprint density at radius 1 is 1.04 bits per heavy atom. The van der Waals surface area contributed by atoms with Crippen LogP contribution in [0.1, 0.15) is 55.4 Å². The van der Waals surface area contributed by atoms with Crippen molar-refractivity contribution in [3.63, 3.8) is 0 Å². The van der Waals surface area contributed by atoms with E-state index in [2.05, 4.69) is 48.8 Å². The summed E-state index contributed by atoms with van der Waals surface area (Å²) in [6.45, 7) is 12.2. The fourth-order valence-electron chi connectivity index (χ4n) is 4.32. The second kappa shape index (κ2) is 7.99. The van der Waals surface area contributed by atoms with Gasteiger partial charge in [0.2, 0.25) is 0 Å². The van der Waals surface area contributed by atoms with Crippen molar-refractivity contribution in [2.24, 2.45) is 5.92 Å². The lowest BCUT2D eigenvalue weighted by atomic mass is 9.94. The van der Waals surface area contributed by atoms with Gasteiger partial charge in [-0.3, -0.25) is 0 Å². The molecule has 2 aliphatic rings. The van der Waals surface area contributed by atoms with Crippen LogP contribution in [0, 0.1) is 19.8 Å². The van der Waals surface area contributed by atoms with Gasteiger partial charge in [-0.1, -0.05) is 30.7 Å². The van der Waals surface area contributed by atoms with Crippen LogP contribution in [0.4, 0.5) is 0 Å². The number of nitrogens with zero attached hydrogens (tertiary/aromatic N) is 2. The van der Waals surface area contributed by atoms with Crippen LogP contribution in [-0.2, 0) is 0 Å². The van der Waals surface area contributed by atoms with Crippen molar-refractivity contribution in [3.05, 3.63) is 34.9 Å². The zero-order valence-electron chi connectivity index (χ0n) is 15.7. The monoisotopic (exact) mass is 330 g/mol. The van der Waals surface area contributed by atoms with Gasteiger partial charge >= 0.3 is 0 Å². The van der Waals surface area contributed by atoms with Gasteiger partial charge in [0.25, 0.3) is 0 Å². The number of hydrogen-bond acceptors (Lipinski definition) is 3. The molecular formula is C21H34N2O. The van der Waals surface area contributed by atoms with E-state index < -0.39 is 0 Å². The predicted molar refractivity (Wildman–Crippen MR) is 100 cm³/mol. The molecule has 1 aromatic carbocycles. The first kappa shape index (κ1) is 17.9. The zero-order chi connectivity index (χ0) is 17.1. The van der Waals surface area contributed by atoms with E-state index in [1.165, 1.54) is 49.9 Å². The van der Waals surface area contributed by atoms with Crippen molar-refractivity contribution in [2.45, 2.75) is 58.6 Å². The molecule has 0 bridgehead atoms. The Bertz CT molecular complexity index is 529. The van der Waals surface area contributed by atoms with Gasteiger partial charge in [0.05, 0.1) is 6.10 Å². The van der Waals surface area contributed by atoms with Crippen molar-refractivity contribution in [1.29, 1.82) is 0 Å². The van der Waals surface area contributed by atoms with Gasteiger partial charge in [0.1, 0.15) is 0 Å². The number of benzene rings is 1. The van der Waals surface area contributed by atoms with Crippen LogP contribution in [0.2, 0.25) is 0 Å². The fourth-order valence-corrected chi connectivity index (χ4v) is 4.32. The molecule has 2 heterocycles. The summed E-state index contributed by atoms with van der Waals surface area (Å²) in [6.07, 6.45) is 4.89. The molecule has 0 spiro atoms. The minimum Gasteiger partial charge on any atom is -0.387 e. The molecule has 0 aromatic heterocycles. The molecule has 3 heteroatoms. The standard InChI is InChI=1S/C21H34N2O/c1-16-6-12-23(13-7-16)19-8-10-22(11-9-19)15-21(24)20-14-17(2)4-5-18(20)3/h4-5,14,16,19,21,24H,6-13,15H2,1-3H3. The summed E-state index contributed by atoms with van der Waals surface area (Å²) in [5.41, 5.74) is 3.53. The molecule has 0 radical (unpaired) electrons. The molecule has 2 aliphatic heterocycles. The minimum atomic E-state index is -0.364. The largest absolute Gasteiger partial charge is 0.387 e. The Hall–Kier alpha value is -0.900. The first-order chi connectivity index (χ1) is 11.5. The van der Waals surface area contributed by atoms with Crippen LogP contribution in [0.15, 0.2) is 18.2 Å². The molecule has 3 nitrogen and oxygen atoms in total. The van der Waals surface area contributed by atoms with Gasteiger partial charge in [-0.25, -0.2) is 0 Å². The van der Waals surface area contributed by atoms with E-state index in [0.29, 0.717) is 0 Å². The molecule has 134 valence electrons. The third kappa shape index (κ3) is 4.38. The fraction of sp³-hybridized carbons (Fsp3) is 0.714. The van der Waals surface area contributed by atoms with Gasteiger partial charge in [0.15, 0.2) is 0 Å². The summed E-state index contributed by atoms with van der Waals surface area (Å²) in [5, 5.41) is 10.7. The highest BCUT2D eigenvalue weighted by atomic mass is 16.3. The average Bonchev–Trinajstić information content (AvgIpc) is 2.58. The molecule has 2 saturated heterocycles. The summed E-state index contributed by atoms with van der Waals surface area (Å²) in [6, 6.07) is 7.15. The van der Waals surface area contributed by atoms with E-state index in [1.807, 2.05) is 0 Å². The lowest BCUT2D eigenvalue weighted by Gasteiger charge is -2.41. The molecule has 3 rings (SSSR count). The molecule has 0 saturated carbocycles. The van der Waals surface area contributed by atoms with Crippen LogP contribution >= 0.6 is 0 Å². The molecule has 0 aliphatic carbocycles. The van der Waals surface area contributed by atoms with Crippen molar-refractivity contribution in [3.8, 4) is 0 Å². The van der Waals surface area contributed by atoms with E-state index in [4.69, 9.17) is 0 Å². The van der Waals surface area contributed by atoms with E-state index >= 15 is 0 Å². The molecule has 1 N–H and O–H groups in total. The van der Waals surface area contributed by atoms with Crippen LogP contribution in [0.5, 0.6) is 0 Å². The topological polar surface area (TPSA) is 26.7 Å². The number of aliphatic hydroxyl groups excluding tert-OH is 1. The lowest BCUT2D eigenvalue weighted by molar-refractivity contribution is 0.0540. The maximum Gasteiger partial charge on any atom is 0.0919 e. The van der Waals surface area contributed by atoms with Crippen molar-refractivity contribution >= 4 is 0 Å². The van der Waals surface area contributed by atoms with Crippen LogP contribution in [-0.4, -0.2) is 53.7 Å². The maximum atomic E-state index is 10.7. The smallest absolute Gasteiger partial charge is 0.0919 e. The number of hydrogen-bond donors (Lipinski definition) is 1. The first-order valence-corrected chi connectivity index (χ1v) is 9.74. The number of β-amino-alcohol motifs (C(OH)–C–C–N with tert-alkyl or cyclic N) is 1.